The van der Waals surface area contributed by atoms with E-state index in [4.69, 9.17) is 0 Å². The Bertz CT molecular complexity index is 329. The highest BCUT2D eigenvalue weighted by Crippen LogP contribution is 2.17. The molecule has 1 fully saturated rings. The number of aryl methyl sites for hydroxylation is 2. The summed E-state index contributed by atoms with van der Waals surface area (Å²) in [5, 5.41) is 8.11. The average Bonchev–Trinajstić information content (AvgIpc) is 2.84. The molecule has 1 saturated heterocycles. The van der Waals surface area contributed by atoms with Crippen molar-refractivity contribution in [2.24, 2.45) is 5.92 Å². The molecule has 2 N–H and O–H groups in total. The molecule has 1 atom stereocenters. The molecule has 0 spiro atoms. The molecule has 16 heavy (non-hydrogen) atoms. The van der Waals surface area contributed by atoms with E-state index in [1.165, 1.54) is 41.5 Å². The van der Waals surface area contributed by atoms with Crippen LogP contribution in [0.2, 0.25) is 0 Å². The zero-order chi connectivity index (χ0) is 11.4. The summed E-state index contributed by atoms with van der Waals surface area (Å²) in [7, 11) is 0. The molecule has 3 nitrogen and oxygen atoms in total. The van der Waals surface area contributed by atoms with Crippen LogP contribution in [0.4, 0.5) is 0 Å². The molecule has 4 heteroatoms. The molecule has 1 aromatic heterocycles. The number of nitrogens with one attached hydrogen (secondary N) is 2. The number of thiazole rings is 1. The zero-order valence-electron chi connectivity index (χ0n) is 10.2. The van der Waals surface area contributed by atoms with Crippen LogP contribution < -0.4 is 10.6 Å². The normalized spacial score (nSPS) is 20.5. The van der Waals surface area contributed by atoms with Crippen LogP contribution in [0.5, 0.6) is 0 Å². The minimum absolute atomic E-state index is 0.886. The van der Waals surface area contributed by atoms with Gasteiger partial charge in [0.15, 0.2) is 0 Å². The van der Waals surface area contributed by atoms with Gasteiger partial charge in [0, 0.05) is 11.4 Å². The zero-order valence-corrected chi connectivity index (χ0v) is 11.0. The van der Waals surface area contributed by atoms with E-state index in [0.717, 1.165) is 19.0 Å². The fourth-order valence-electron chi connectivity index (χ4n) is 2.21. The first-order valence-corrected chi connectivity index (χ1v) is 6.91. The van der Waals surface area contributed by atoms with Crippen LogP contribution in [0.15, 0.2) is 0 Å². The van der Waals surface area contributed by atoms with E-state index in [0.29, 0.717) is 0 Å². The van der Waals surface area contributed by atoms with Crippen LogP contribution in [0.3, 0.4) is 0 Å². The number of rotatable bonds is 5. The van der Waals surface area contributed by atoms with Crippen molar-refractivity contribution in [1.82, 2.24) is 15.6 Å². The topological polar surface area (TPSA) is 37.0 Å². The third kappa shape index (κ3) is 3.27. The third-order valence-corrected chi connectivity index (χ3v) is 4.25. The molecule has 0 radical (unpaired) electrons. The Hall–Kier alpha value is -0.450. The van der Waals surface area contributed by atoms with Crippen LogP contribution in [0, 0.1) is 19.8 Å². The van der Waals surface area contributed by atoms with E-state index in [-0.39, 0.29) is 0 Å². The molecule has 1 unspecified atom stereocenters. The summed E-state index contributed by atoms with van der Waals surface area (Å²) in [5.74, 6) is 0.886. The van der Waals surface area contributed by atoms with Gasteiger partial charge in [0.05, 0.1) is 10.7 Å². The molecule has 0 aliphatic carbocycles. The van der Waals surface area contributed by atoms with Crippen LogP contribution >= 0.6 is 11.3 Å². The molecule has 2 rings (SSSR count). The van der Waals surface area contributed by atoms with Gasteiger partial charge in [0.2, 0.25) is 0 Å². The van der Waals surface area contributed by atoms with Gasteiger partial charge in [-0.1, -0.05) is 0 Å². The minimum atomic E-state index is 0.886. The van der Waals surface area contributed by atoms with Crippen molar-refractivity contribution in [1.29, 1.82) is 0 Å². The molecule has 1 aliphatic rings. The monoisotopic (exact) mass is 239 g/mol. The van der Waals surface area contributed by atoms with Gasteiger partial charge in [-0.3, -0.25) is 0 Å². The summed E-state index contributed by atoms with van der Waals surface area (Å²) in [6, 6.07) is 0. The summed E-state index contributed by atoms with van der Waals surface area (Å²) >= 11 is 1.81. The second kappa shape index (κ2) is 5.75. The number of hydrogen-bond acceptors (Lipinski definition) is 4. The Labute approximate surface area is 102 Å². The first-order chi connectivity index (χ1) is 7.75. The average molecular weight is 239 g/mol. The smallest absolute Gasteiger partial charge is 0.0900 e. The first-order valence-electron chi connectivity index (χ1n) is 6.10. The van der Waals surface area contributed by atoms with Gasteiger partial charge in [0.25, 0.3) is 0 Å². The maximum absolute atomic E-state index is 4.44. The maximum Gasteiger partial charge on any atom is 0.0900 e. The Morgan fingerprint density at radius 1 is 1.50 bits per heavy atom. The fraction of sp³-hybridized carbons (Fsp3) is 0.750. The summed E-state index contributed by atoms with van der Waals surface area (Å²) in [5.41, 5.74) is 1.19. The van der Waals surface area contributed by atoms with E-state index in [9.17, 15) is 0 Å². The van der Waals surface area contributed by atoms with Crippen molar-refractivity contribution in [3.8, 4) is 0 Å². The van der Waals surface area contributed by atoms with Crippen molar-refractivity contribution >= 4 is 11.3 Å². The molecule has 1 aromatic rings. The molecule has 0 bridgehead atoms. The molecule has 90 valence electrons. The molecular weight excluding hydrogens is 218 g/mol. The van der Waals surface area contributed by atoms with E-state index in [1.807, 2.05) is 11.3 Å². The molecular formula is C12H21N3S. The Kier molecular flexibility index (Phi) is 4.32. The highest BCUT2D eigenvalue weighted by molar-refractivity contribution is 7.11. The van der Waals surface area contributed by atoms with Gasteiger partial charge in [-0.25, -0.2) is 4.98 Å². The van der Waals surface area contributed by atoms with Gasteiger partial charge >= 0.3 is 0 Å². The summed E-state index contributed by atoms with van der Waals surface area (Å²) in [6.45, 7) is 8.70. The molecule has 1 aliphatic heterocycles. The second-order valence-electron chi connectivity index (χ2n) is 4.57. The van der Waals surface area contributed by atoms with Crippen molar-refractivity contribution in [3.63, 3.8) is 0 Å². The highest BCUT2D eigenvalue weighted by Gasteiger charge is 2.13. The van der Waals surface area contributed by atoms with E-state index < -0.39 is 0 Å². The lowest BCUT2D eigenvalue weighted by atomic mass is 10.1. The van der Waals surface area contributed by atoms with Gasteiger partial charge < -0.3 is 10.6 Å². The number of aromatic nitrogens is 1. The predicted molar refractivity (Wildman–Crippen MR) is 68.9 cm³/mol. The Morgan fingerprint density at radius 2 is 2.38 bits per heavy atom. The van der Waals surface area contributed by atoms with Crippen LogP contribution in [0.1, 0.15) is 28.4 Å². The quantitative estimate of drug-likeness (QED) is 0.770. The lowest BCUT2D eigenvalue weighted by molar-refractivity contribution is 0.501. The first kappa shape index (κ1) is 12.0. The third-order valence-electron chi connectivity index (χ3n) is 3.18. The van der Waals surface area contributed by atoms with Crippen molar-refractivity contribution < 1.29 is 0 Å². The lowest BCUT2D eigenvalue weighted by Crippen LogP contribution is -2.19. The van der Waals surface area contributed by atoms with Gasteiger partial charge in [-0.15, -0.1) is 11.3 Å². The van der Waals surface area contributed by atoms with E-state index in [1.54, 1.807) is 0 Å². The molecule has 2 heterocycles. The lowest BCUT2D eigenvalue weighted by Gasteiger charge is -2.08. The van der Waals surface area contributed by atoms with Crippen LogP contribution in [-0.2, 0) is 6.54 Å². The Balaban J connectivity index is 1.65. The largest absolute Gasteiger partial charge is 0.316 e. The summed E-state index contributed by atoms with van der Waals surface area (Å²) < 4.78 is 0. The van der Waals surface area contributed by atoms with Crippen molar-refractivity contribution in [2.45, 2.75) is 33.2 Å². The SMILES string of the molecule is Cc1nc(C)c(CNCCC2CCNC2)s1. The highest BCUT2D eigenvalue weighted by atomic mass is 32.1. The van der Waals surface area contributed by atoms with Crippen molar-refractivity contribution in [2.75, 3.05) is 19.6 Å². The fourth-order valence-corrected chi connectivity index (χ4v) is 3.11. The van der Waals surface area contributed by atoms with E-state index in [2.05, 4.69) is 29.5 Å². The van der Waals surface area contributed by atoms with Crippen molar-refractivity contribution in [3.05, 3.63) is 15.6 Å². The number of nitrogens with zero attached hydrogens (tertiary/aromatic N) is 1. The second-order valence-corrected chi connectivity index (χ2v) is 5.85. The van der Waals surface area contributed by atoms with Crippen LogP contribution in [0.25, 0.3) is 0 Å². The van der Waals surface area contributed by atoms with Crippen LogP contribution in [-0.4, -0.2) is 24.6 Å². The number of hydrogen-bond donors (Lipinski definition) is 2. The van der Waals surface area contributed by atoms with Gasteiger partial charge in [-0.05, 0) is 52.2 Å². The molecule has 0 aromatic carbocycles. The molecule has 0 saturated carbocycles. The minimum Gasteiger partial charge on any atom is -0.316 e. The molecule has 0 amide bonds. The van der Waals surface area contributed by atoms with Gasteiger partial charge in [-0.2, -0.15) is 0 Å². The van der Waals surface area contributed by atoms with E-state index >= 15 is 0 Å². The summed E-state index contributed by atoms with van der Waals surface area (Å²) in [6.07, 6.45) is 2.64. The summed E-state index contributed by atoms with van der Waals surface area (Å²) in [4.78, 5) is 5.83. The van der Waals surface area contributed by atoms with Gasteiger partial charge in [0.1, 0.15) is 0 Å². The standard InChI is InChI=1S/C12H21N3S/c1-9-12(16-10(2)15-9)8-14-6-4-11-3-5-13-7-11/h11,13-14H,3-8H2,1-2H3. The maximum atomic E-state index is 4.44. The Morgan fingerprint density at radius 3 is 3.00 bits per heavy atom. The predicted octanol–water partition coefficient (Wildman–Crippen LogP) is 1.85.